The minimum atomic E-state index is 0.0432. The first kappa shape index (κ1) is 8.32. The summed E-state index contributed by atoms with van der Waals surface area (Å²) in [5.41, 5.74) is 0. The van der Waals surface area contributed by atoms with Crippen LogP contribution in [0.1, 0.15) is 0 Å². The van der Waals surface area contributed by atoms with Crippen molar-refractivity contribution in [3.05, 3.63) is 0 Å². The maximum Gasteiger partial charge on any atom is 0.317 e. The van der Waals surface area contributed by atoms with Crippen molar-refractivity contribution in [1.29, 1.82) is 5.26 Å². The van der Waals surface area contributed by atoms with Gasteiger partial charge in [-0.3, -0.25) is 4.90 Å². The molecule has 0 bridgehead atoms. The monoisotopic (exact) mass is 180 g/mol. The number of nitriles is 1. The first-order chi connectivity index (χ1) is 6.31. The summed E-state index contributed by atoms with van der Waals surface area (Å²) in [6.45, 7) is 3.58. The normalized spacial score (nSPS) is 28.1. The molecule has 0 saturated carbocycles. The number of nitrogens with zero attached hydrogens (tertiary/aromatic N) is 3. The summed E-state index contributed by atoms with van der Waals surface area (Å²) in [6.07, 6.45) is 0. The van der Waals surface area contributed by atoms with E-state index in [2.05, 4.69) is 16.3 Å². The van der Waals surface area contributed by atoms with Crippen LogP contribution in [0.2, 0.25) is 0 Å². The van der Waals surface area contributed by atoms with Crippen molar-refractivity contribution in [1.82, 2.24) is 15.1 Å². The van der Waals surface area contributed by atoms with Gasteiger partial charge in [-0.25, -0.2) is 4.79 Å². The van der Waals surface area contributed by atoms with E-state index in [1.807, 2.05) is 4.90 Å². The summed E-state index contributed by atoms with van der Waals surface area (Å²) < 4.78 is 0. The molecule has 0 aromatic carbocycles. The zero-order valence-corrected chi connectivity index (χ0v) is 7.36. The highest BCUT2D eigenvalue weighted by atomic mass is 16.2. The minimum Gasteiger partial charge on any atom is -0.336 e. The number of fused-ring (bicyclic) bond motifs is 1. The van der Waals surface area contributed by atoms with Gasteiger partial charge in [-0.2, -0.15) is 5.26 Å². The van der Waals surface area contributed by atoms with E-state index >= 15 is 0 Å². The van der Waals surface area contributed by atoms with Gasteiger partial charge < -0.3 is 10.2 Å². The maximum atomic E-state index is 11.2. The van der Waals surface area contributed by atoms with Gasteiger partial charge in [0.15, 0.2) is 0 Å². The Morgan fingerprint density at radius 2 is 2.46 bits per heavy atom. The summed E-state index contributed by atoms with van der Waals surface area (Å²) in [4.78, 5) is 15.1. The average molecular weight is 180 g/mol. The van der Waals surface area contributed by atoms with E-state index < -0.39 is 0 Å². The number of nitrogens with one attached hydrogen (secondary N) is 1. The van der Waals surface area contributed by atoms with Crippen molar-refractivity contribution in [3.8, 4) is 6.07 Å². The van der Waals surface area contributed by atoms with Crippen LogP contribution in [0.3, 0.4) is 0 Å². The van der Waals surface area contributed by atoms with Crippen LogP contribution in [0.4, 0.5) is 4.79 Å². The number of amides is 2. The Labute approximate surface area is 76.9 Å². The Bertz CT molecular complexity index is 259. The third-order valence-corrected chi connectivity index (χ3v) is 2.61. The summed E-state index contributed by atoms with van der Waals surface area (Å²) in [6, 6.07) is 2.45. The number of urea groups is 1. The van der Waals surface area contributed by atoms with Gasteiger partial charge in [0, 0.05) is 26.2 Å². The van der Waals surface area contributed by atoms with Gasteiger partial charge in [0.1, 0.15) is 0 Å². The van der Waals surface area contributed by atoms with Crippen molar-refractivity contribution >= 4 is 6.03 Å². The van der Waals surface area contributed by atoms with Crippen LogP contribution < -0.4 is 5.32 Å². The molecule has 1 atom stereocenters. The fourth-order valence-corrected chi connectivity index (χ4v) is 1.91. The zero-order chi connectivity index (χ0) is 9.26. The summed E-state index contributed by atoms with van der Waals surface area (Å²) in [5, 5.41) is 11.3. The van der Waals surface area contributed by atoms with E-state index in [4.69, 9.17) is 5.26 Å². The lowest BCUT2D eigenvalue weighted by Crippen LogP contribution is -2.51. The van der Waals surface area contributed by atoms with Crippen LogP contribution in [-0.2, 0) is 0 Å². The predicted molar refractivity (Wildman–Crippen MR) is 45.9 cm³/mol. The van der Waals surface area contributed by atoms with Crippen LogP contribution in [-0.4, -0.2) is 54.6 Å². The molecule has 5 heteroatoms. The second kappa shape index (κ2) is 3.23. The summed E-state index contributed by atoms with van der Waals surface area (Å²) >= 11 is 0. The molecule has 5 nitrogen and oxygen atoms in total. The molecule has 0 aromatic rings. The maximum absolute atomic E-state index is 11.2. The Kier molecular flexibility index (Phi) is 2.07. The predicted octanol–water partition coefficient (Wildman–Crippen LogP) is -0.781. The molecular formula is C8H12N4O. The lowest BCUT2D eigenvalue weighted by Gasteiger charge is -2.34. The van der Waals surface area contributed by atoms with Gasteiger partial charge in [0.2, 0.25) is 0 Å². The summed E-state index contributed by atoms with van der Waals surface area (Å²) in [5.74, 6) is 0. The minimum absolute atomic E-state index is 0.0432. The summed E-state index contributed by atoms with van der Waals surface area (Å²) in [7, 11) is 0. The van der Waals surface area contributed by atoms with E-state index in [9.17, 15) is 4.79 Å². The van der Waals surface area contributed by atoms with Crippen LogP contribution >= 0.6 is 0 Å². The Balaban J connectivity index is 1.96. The topological polar surface area (TPSA) is 59.4 Å². The SMILES string of the molecule is N#CCN1CCN2C(=O)NCC2C1. The van der Waals surface area contributed by atoms with Gasteiger partial charge in [-0.1, -0.05) is 0 Å². The van der Waals surface area contributed by atoms with E-state index in [1.54, 1.807) is 0 Å². The number of hydrogen-bond acceptors (Lipinski definition) is 3. The first-order valence-electron chi connectivity index (χ1n) is 4.45. The highest BCUT2D eigenvalue weighted by molar-refractivity contribution is 5.77. The second-order valence-electron chi connectivity index (χ2n) is 3.43. The van der Waals surface area contributed by atoms with E-state index in [0.29, 0.717) is 6.54 Å². The van der Waals surface area contributed by atoms with Crippen LogP contribution in [0.15, 0.2) is 0 Å². The smallest absolute Gasteiger partial charge is 0.317 e. The van der Waals surface area contributed by atoms with Crippen molar-refractivity contribution in [2.24, 2.45) is 0 Å². The standard InChI is InChI=1S/C8H12N4O/c9-1-2-11-3-4-12-7(6-11)5-10-8(12)13/h7H,2-6H2,(H,10,13). The molecule has 2 aliphatic rings. The highest BCUT2D eigenvalue weighted by Gasteiger charge is 2.34. The number of carbonyl (C=O) groups is 1. The molecule has 0 aromatic heterocycles. The molecule has 1 N–H and O–H groups in total. The zero-order valence-electron chi connectivity index (χ0n) is 7.36. The third kappa shape index (κ3) is 1.45. The molecule has 2 heterocycles. The van der Waals surface area contributed by atoms with Crippen LogP contribution in [0.5, 0.6) is 0 Å². The van der Waals surface area contributed by atoms with E-state index in [-0.39, 0.29) is 12.1 Å². The first-order valence-corrected chi connectivity index (χ1v) is 4.45. The number of carbonyl (C=O) groups excluding carboxylic acids is 1. The van der Waals surface area contributed by atoms with Gasteiger partial charge in [-0.05, 0) is 0 Å². The van der Waals surface area contributed by atoms with Gasteiger partial charge in [0.05, 0.1) is 18.7 Å². The van der Waals surface area contributed by atoms with Crippen molar-refractivity contribution < 1.29 is 4.79 Å². The quantitative estimate of drug-likeness (QED) is 0.538. The van der Waals surface area contributed by atoms with Gasteiger partial charge in [-0.15, -0.1) is 0 Å². The molecule has 13 heavy (non-hydrogen) atoms. The van der Waals surface area contributed by atoms with Crippen molar-refractivity contribution in [2.45, 2.75) is 6.04 Å². The van der Waals surface area contributed by atoms with Crippen molar-refractivity contribution in [3.63, 3.8) is 0 Å². The molecule has 2 saturated heterocycles. The van der Waals surface area contributed by atoms with Crippen LogP contribution in [0.25, 0.3) is 0 Å². The molecule has 0 spiro atoms. The van der Waals surface area contributed by atoms with Crippen molar-refractivity contribution in [2.75, 3.05) is 32.7 Å². The number of rotatable bonds is 1. The fourth-order valence-electron chi connectivity index (χ4n) is 1.91. The lowest BCUT2D eigenvalue weighted by atomic mass is 10.2. The third-order valence-electron chi connectivity index (χ3n) is 2.61. The molecule has 1 unspecified atom stereocenters. The Morgan fingerprint density at radius 3 is 3.23 bits per heavy atom. The van der Waals surface area contributed by atoms with E-state index in [0.717, 1.165) is 26.2 Å². The largest absolute Gasteiger partial charge is 0.336 e. The molecule has 2 aliphatic heterocycles. The molecule has 2 rings (SSSR count). The highest BCUT2D eigenvalue weighted by Crippen LogP contribution is 2.13. The van der Waals surface area contributed by atoms with Gasteiger partial charge >= 0.3 is 6.03 Å². The van der Waals surface area contributed by atoms with Crippen LogP contribution in [0, 0.1) is 11.3 Å². The Hall–Kier alpha value is -1.28. The number of hydrogen-bond donors (Lipinski definition) is 1. The van der Waals surface area contributed by atoms with E-state index in [1.165, 1.54) is 0 Å². The second-order valence-corrected chi connectivity index (χ2v) is 3.43. The molecule has 0 aliphatic carbocycles. The fraction of sp³-hybridized carbons (Fsp3) is 0.750. The Morgan fingerprint density at radius 1 is 1.62 bits per heavy atom. The molecule has 70 valence electrons. The van der Waals surface area contributed by atoms with Gasteiger partial charge in [0.25, 0.3) is 0 Å². The lowest BCUT2D eigenvalue weighted by molar-refractivity contribution is 0.131. The number of piperazine rings is 1. The molecular weight excluding hydrogens is 168 g/mol. The molecule has 0 radical (unpaired) electrons. The average Bonchev–Trinajstić information content (AvgIpc) is 2.48. The molecule has 2 amide bonds. The molecule has 2 fully saturated rings.